The van der Waals surface area contributed by atoms with E-state index in [1.54, 1.807) is 27.7 Å². The second-order valence-corrected chi connectivity index (χ2v) is 6.37. The highest BCUT2D eigenvalue weighted by molar-refractivity contribution is 6.01. The Balaban J connectivity index is 1.43. The molecule has 3 aromatic rings. The highest BCUT2D eigenvalue weighted by Gasteiger charge is 2.31. The number of carbonyl (C=O) groups is 2. The van der Waals surface area contributed by atoms with E-state index < -0.39 is 0 Å². The zero-order valence-corrected chi connectivity index (χ0v) is 13.9. The summed E-state index contributed by atoms with van der Waals surface area (Å²) in [6.07, 6.45) is 3.53. The SMILES string of the molecule is O=C(N[C@H]1CC(=O)N(Cc2cccc(F)c2)C1)c1cnn2ccccc12. The standard InChI is InChI=1S/C19H17FN4O2/c20-14-5-3-4-13(8-14)11-23-12-15(9-18(23)25)22-19(26)16-10-21-24-7-2-1-6-17(16)24/h1-8,10,15H,9,11-12H2,(H,22,26)/t15-/m0/s1. The highest BCUT2D eigenvalue weighted by atomic mass is 19.1. The third-order valence-corrected chi connectivity index (χ3v) is 4.48. The van der Waals surface area contributed by atoms with E-state index in [2.05, 4.69) is 10.4 Å². The molecule has 0 unspecified atom stereocenters. The van der Waals surface area contributed by atoms with Crippen LogP contribution >= 0.6 is 0 Å². The maximum atomic E-state index is 13.3. The summed E-state index contributed by atoms with van der Waals surface area (Å²) in [6.45, 7) is 0.736. The average molecular weight is 352 g/mol. The Labute approximate surface area is 149 Å². The molecule has 7 heteroatoms. The fraction of sp³-hybridized carbons (Fsp3) is 0.211. The topological polar surface area (TPSA) is 66.7 Å². The van der Waals surface area contributed by atoms with Gasteiger partial charge in [0.1, 0.15) is 5.82 Å². The van der Waals surface area contributed by atoms with Gasteiger partial charge in [-0.1, -0.05) is 18.2 Å². The van der Waals surface area contributed by atoms with Crippen molar-refractivity contribution in [2.24, 2.45) is 0 Å². The molecular formula is C19H17FN4O2. The third-order valence-electron chi connectivity index (χ3n) is 4.48. The van der Waals surface area contributed by atoms with Crippen LogP contribution in [0.3, 0.4) is 0 Å². The van der Waals surface area contributed by atoms with Crippen LogP contribution in [-0.4, -0.2) is 38.9 Å². The summed E-state index contributed by atoms with van der Waals surface area (Å²) in [7, 11) is 0. The van der Waals surface area contributed by atoms with Gasteiger partial charge in [-0.15, -0.1) is 0 Å². The minimum Gasteiger partial charge on any atom is -0.347 e. The van der Waals surface area contributed by atoms with Crippen LogP contribution in [0, 0.1) is 5.82 Å². The number of benzene rings is 1. The first-order chi connectivity index (χ1) is 12.6. The second-order valence-electron chi connectivity index (χ2n) is 6.37. The summed E-state index contributed by atoms with van der Waals surface area (Å²) in [4.78, 5) is 26.4. The van der Waals surface area contributed by atoms with Gasteiger partial charge in [0.15, 0.2) is 0 Å². The molecule has 1 atom stereocenters. The summed E-state index contributed by atoms with van der Waals surface area (Å²) in [5.41, 5.74) is 1.92. The van der Waals surface area contributed by atoms with Crippen molar-refractivity contribution in [1.82, 2.24) is 19.8 Å². The normalized spacial score (nSPS) is 17.0. The van der Waals surface area contributed by atoms with Gasteiger partial charge in [0.2, 0.25) is 5.91 Å². The van der Waals surface area contributed by atoms with E-state index in [-0.39, 0.29) is 30.1 Å². The van der Waals surface area contributed by atoms with Gasteiger partial charge in [-0.2, -0.15) is 5.10 Å². The lowest BCUT2D eigenvalue weighted by Crippen LogP contribution is -2.37. The molecule has 2 amide bonds. The summed E-state index contributed by atoms with van der Waals surface area (Å²) in [6, 6.07) is 11.4. The lowest BCUT2D eigenvalue weighted by Gasteiger charge is -2.17. The monoisotopic (exact) mass is 352 g/mol. The second kappa shape index (κ2) is 6.59. The van der Waals surface area contributed by atoms with E-state index in [9.17, 15) is 14.0 Å². The van der Waals surface area contributed by atoms with E-state index in [1.807, 2.05) is 18.2 Å². The molecule has 0 bridgehead atoms. The van der Waals surface area contributed by atoms with Crippen molar-refractivity contribution in [3.8, 4) is 0 Å². The van der Waals surface area contributed by atoms with Crippen LogP contribution in [0.5, 0.6) is 0 Å². The minimum absolute atomic E-state index is 0.0561. The zero-order valence-electron chi connectivity index (χ0n) is 13.9. The number of likely N-dealkylation sites (tertiary alicyclic amines) is 1. The van der Waals surface area contributed by atoms with Crippen molar-refractivity contribution < 1.29 is 14.0 Å². The molecule has 4 rings (SSSR count). The number of hydrogen-bond donors (Lipinski definition) is 1. The number of nitrogens with one attached hydrogen (secondary N) is 1. The Kier molecular flexibility index (Phi) is 4.12. The molecule has 1 aromatic carbocycles. The summed E-state index contributed by atoms with van der Waals surface area (Å²) in [5.74, 6) is -0.636. The largest absolute Gasteiger partial charge is 0.347 e. The first-order valence-electron chi connectivity index (χ1n) is 8.35. The Hall–Kier alpha value is -3.22. The molecular weight excluding hydrogens is 335 g/mol. The predicted molar refractivity (Wildman–Crippen MR) is 92.9 cm³/mol. The number of aromatic nitrogens is 2. The van der Waals surface area contributed by atoms with E-state index >= 15 is 0 Å². The number of pyridine rings is 1. The van der Waals surface area contributed by atoms with Crippen LogP contribution in [-0.2, 0) is 11.3 Å². The fourth-order valence-electron chi connectivity index (χ4n) is 3.25. The minimum atomic E-state index is -0.327. The highest BCUT2D eigenvalue weighted by Crippen LogP contribution is 2.17. The number of rotatable bonds is 4. The molecule has 1 N–H and O–H groups in total. The van der Waals surface area contributed by atoms with Gasteiger partial charge in [0, 0.05) is 25.7 Å². The van der Waals surface area contributed by atoms with Crippen LogP contribution in [0.4, 0.5) is 4.39 Å². The maximum absolute atomic E-state index is 13.3. The van der Waals surface area contributed by atoms with E-state index in [4.69, 9.17) is 0 Å². The quantitative estimate of drug-likeness (QED) is 0.781. The first-order valence-corrected chi connectivity index (χ1v) is 8.35. The van der Waals surface area contributed by atoms with Crippen molar-refractivity contribution in [2.45, 2.75) is 19.0 Å². The molecule has 1 saturated heterocycles. The Morgan fingerprint density at radius 2 is 2.15 bits per heavy atom. The third kappa shape index (κ3) is 3.15. The van der Waals surface area contributed by atoms with Crippen LogP contribution in [0.15, 0.2) is 54.9 Å². The average Bonchev–Trinajstić information content (AvgIpc) is 3.19. The Morgan fingerprint density at radius 1 is 1.27 bits per heavy atom. The van der Waals surface area contributed by atoms with Crippen LogP contribution in [0.25, 0.3) is 5.52 Å². The van der Waals surface area contributed by atoms with Gasteiger partial charge >= 0.3 is 0 Å². The lowest BCUT2D eigenvalue weighted by molar-refractivity contribution is -0.128. The molecule has 6 nitrogen and oxygen atoms in total. The fourth-order valence-corrected chi connectivity index (χ4v) is 3.25. The number of hydrogen-bond acceptors (Lipinski definition) is 3. The Bertz CT molecular complexity index is 984. The zero-order chi connectivity index (χ0) is 18.1. The number of halogens is 1. The molecule has 1 aliphatic rings. The van der Waals surface area contributed by atoms with Gasteiger partial charge in [-0.3, -0.25) is 9.59 Å². The van der Waals surface area contributed by atoms with Gasteiger partial charge < -0.3 is 10.2 Å². The van der Waals surface area contributed by atoms with Crippen LogP contribution in [0.1, 0.15) is 22.3 Å². The van der Waals surface area contributed by atoms with Crippen molar-refractivity contribution in [2.75, 3.05) is 6.54 Å². The van der Waals surface area contributed by atoms with Gasteiger partial charge in [0.25, 0.3) is 5.91 Å². The van der Waals surface area contributed by atoms with Gasteiger partial charge in [-0.05, 0) is 29.8 Å². The Morgan fingerprint density at radius 3 is 3.00 bits per heavy atom. The summed E-state index contributed by atoms with van der Waals surface area (Å²) >= 11 is 0. The first kappa shape index (κ1) is 16.3. The maximum Gasteiger partial charge on any atom is 0.255 e. The molecule has 0 saturated carbocycles. The lowest BCUT2D eigenvalue weighted by atomic mass is 10.2. The van der Waals surface area contributed by atoms with Gasteiger partial charge in [-0.25, -0.2) is 8.91 Å². The molecule has 3 heterocycles. The van der Waals surface area contributed by atoms with Crippen LogP contribution < -0.4 is 5.32 Å². The number of fused-ring (bicyclic) bond motifs is 1. The van der Waals surface area contributed by atoms with Crippen LogP contribution in [0.2, 0.25) is 0 Å². The number of amides is 2. The molecule has 2 aromatic heterocycles. The summed E-state index contributed by atoms with van der Waals surface area (Å²) in [5, 5.41) is 7.05. The molecule has 0 spiro atoms. The van der Waals surface area contributed by atoms with Crippen molar-refractivity contribution in [1.29, 1.82) is 0 Å². The summed E-state index contributed by atoms with van der Waals surface area (Å²) < 4.78 is 14.9. The van der Waals surface area contributed by atoms with E-state index in [0.717, 1.165) is 5.56 Å². The molecule has 0 aliphatic carbocycles. The molecule has 1 fully saturated rings. The smallest absolute Gasteiger partial charge is 0.255 e. The van der Waals surface area contributed by atoms with E-state index in [1.165, 1.54) is 18.3 Å². The molecule has 132 valence electrons. The van der Waals surface area contributed by atoms with E-state index in [0.29, 0.717) is 24.2 Å². The van der Waals surface area contributed by atoms with Gasteiger partial charge in [0.05, 0.1) is 23.3 Å². The number of nitrogens with zero attached hydrogens (tertiary/aromatic N) is 3. The van der Waals surface area contributed by atoms with Crippen molar-refractivity contribution in [3.63, 3.8) is 0 Å². The van der Waals surface area contributed by atoms with Crippen molar-refractivity contribution in [3.05, 3.63) is 71.8 Å². The number of carbonyl (C=O) groups excluding carboxylic acids is 2. The molecule has 1 aliphatic heterocycles. The van der Waals surface area contributed by atoms with Crippen molar-refractivity contribution >= 4 is 17.3 Å². The molecule has 26 heavy (non-hydrogen) atoms. The molecule has 0 radical (unpaired) electrons. The predicted octanol–water partition coefficient (Wildman–Crippen LogP) is 2.00.